The number of nitrogens with zero attached hydrogens (tertiary/aromatic N) is 1. The number of carbonyl (C=O) groups is 1. The van der Waals surface area contributed by atoms with Crippen molar-refractivity contribution in [1.29, 1.82) is 5.26 Å². The van der Waals surface area contributed by atoms with Crippen LogP contribution in [0.25, 0.3) is 6.08 Å². The average molecular weight is 461 g/mol. The van der Waals surface area contributed by atoms with Gasteiger partial charge in [0.25, 0.3) is 5.91 Å². The number of para-hydroxylation sites is 1. The number of carbonyl (C=O) groups excluding carboxylic acids is 1. The summed E-state index contributed by atoms with van der Waals surface area (Å²) in [6.07, 6.45) is 1.55. The fraction of sp³-hybridized carbons (Fsp3) is 0.120. The molecule has 0 aliphatic heterocycles. The van der Waals surface area contributed by atoms with Gasteiger partial charge in [0.2, 0.25) is 0 Å². The van der Waals surface area contributed by atoms with Crippen LogP contribution in [0.2, 0.25) is 0 Å². The number of ether oxygens (including phenoxy) is 1. The summed E-state index contributed by atoms with van der Waals surface area (Å²) in [5.41, 5.74) is 4.44. The number of hydrogen-bond donors (Lipinski definition) is 1. The third kappa shape index (κ3) is 5.37. The molecule has 0 spiro atoms. The van der Waals surface area contributed by atoms with Crippen LogP contribution in [0.3, 0.4) is 0 Å². The molecule has 5 heteroatoms. The molecule has 1 amide bonds. The van der Waals surface area contributed by atoms with Gasteiger partial charge in [-0.2, -0.15) is 5.26 Å². The van der Waals surface area contributed by atoms with Gasteiger partial charge in [-0.1, -0.05) is 58.4 Å². The van der Waals surface area contributed by atoms with Crippen molar-refractivity contribution >= 4 is 33.6 Å². The molecule has 0 unspecified atom stereocenters. The Morgan fingerprint density at radius 2 is 1.80 bits per heavy atom. The maximum absolute atomic E-state index is 12.7. The van der Waals surface area contributed by atoms with Gasteiger partial charge in [0.15, 0.2) is 0 Å². The van der Waals surface area contributed by atoms with Crippen molar-refractivity contribution in [2.75, 3.05) is 5.32 Å². The van der Waals surface area contributed by atoms with Crippen LogP contribution in [0.5, 0.6) is 5.75 Å². The van der Waals surface area contributed by atoms with Crippen LogP contribution in [0.15, 0.2) is 76.8 Å². The van der Waals surface area contributed by atoms with E-state index in [1.807, 2.05) is 86.6 Å². The summed E-state index contributed by atoms with van der Waals surface area (Å²) < 4.78 is 6.94. The molecule has 0 bridgehead atoms. The minimum atomic E-state index is -0.450. The minimum Gasteiger partial charge on any atom is -0.488 e. The highest BCUT2D eigenvalue weighted by atomic mass is 79.9. The molecule has 0 aromatic heterocycles. The summed E-state index contributed by atoms with van der Waals surface area (Å²) in [5.74, 6) is 0.154. The molecule has 0 aliphatic rings. The number of hydrogen-bond acceptors (Lipinski definition) is 3. The normalized spacial score (nSPS) is 10.9. The number of nitriles is 1. The smallest absolute Gasteiger partial charge is 0.266 e. The van der Waals surface area contributed by atoms with Crippen LogP contribution in [-0.4, -0.2) is 5.91 Å². The molecular formula is C25H21BrN2O2. The second kappa shape index (κ2) is 9.91. The molecule has 3 aromatic rings. The van der Waals surface area contributed by atoms with Crippen LogP contribution in [0.4, 0.5) is 5.69 Å². The lowest BCUT2D eigenvalue weighted by Crippen LogP contribution is -2.14. The number of nitrogens with one attached hydrogen (secondary N) is 1. The third-order valence-electron chi connectivity index (χ3n) is 4.74. The molecular weight excluding hydrogens is 440 g/mol. The molecule has 0 fully saturated rings. The Bertz CT molecular complexity index is 1130. The van der Waals surface area contributed by atoms with Crippen molar-refractivity contribution in [2.45, 2.75) is 20.5 Å². The quantitative estimate of drug-likeness (QED) is 0.352. The summed E-state index contributed by atoms with van der Waals surface area (Å²) in [5, 5.41) is 12.4. The Morgan fingerprint density at radius 1 is 1.07 bits per heavy atom. The summed E-state index contributed by atoms with van der Waals surface area (Å²) in [6, 6.07) is 22.9. The van der Waals surface area contributed by atoms with Crippen molar-refractivity contribution in [2.24, 2.45) is 0 Å². The van der Waals surface area contributed by atoms with Gasteiger partial charge in [0, 0.05) is 15.7 Å². The number of rotatable bonds is 6. The molecule has 1 N–H and O–H groups in total. The Labute approximate surface area is 184 Å². The summed E-state index contributed by atoms with van der Waals surface area (Å²) in [6.45, 7) is 4.30. The lowest BCUT2D eigenvalue weighted by molar-refractivity contribution is -0.112. The highest BCUT2D eigenvalue weighted by Crippen LogP contribution is 2.24. The van der Waals surface area contributed by atoms with E-state index >= 15 is 0 Å². The molecule has 0 atom stereocenters. The summed E-state index contributed by atoms with van der Waals surface area (Å²) >= 11 is 3.42. The van der Waals surface area contributed by atoms with Crippen LogP contribution in [-0.2, 0) is 11.4 Å². The number of aryl methyl sites for hydroxylation is 1. The fourth-order valence-corrected chi connectivity index (χ4v) is 3.12. The summed E-state index contributed by atoms with van der Waals surface area (Å²) in [4.78, 5) is 12.7. The number of benzene rings is 3. The van der Waals surface area contributed by atoms with Crippen molar-refractivity contribution in [3.8, 4) is 11.8 Å². The monoisotopic (exact) mass is 460 g/mol. The molecule has 3 aromatic carbocycles. The molecule has 0 saturated heterocycles. The van der Waals surface area contributed by atoms with E-state index in [4.69, 9.17) is 4.74 Å². The zero-order valence-electron chi connectivity index (χ0n) is 16.8. The maximum atomic E-state index is 12.7. The van der Waals surface area contributed by atoms with Gasteiger partial charge in [-0.25, -0.2) is 0 Å². The molecule has 30 heavy (non-hydrogen) atoms. The first kappa shape index (κ1) is 21.4. The lowest BCUT2D eigenvalue weighted by atomic mass is 10.1. The van der Waals surface area contributed by atoms with E-state index in [1.54, 1.807) is 6.08 Å². The molecule has 0 radical (unpaired) electrons. The van der Waals surface area contributed by atoms with Crippen LogP contribution in [0, 0.1) is 25.2 Å². The molecule has 0 aliphatic carbocycles. The van der Waals surface area contributed by atoms with Crippen LogP contribution >= 0.6 is 15.9 Å². The first-order chi connectivity index (χ1) is 14.5. The second-order valence-electron chi connectivity index (χ2n) is 6.82. The zero-order valence-corrected chi connectivity index (χ0v) is 18.4. The van der Waals surface area contributed by atoms with E-state index in [0.29, 0.717) is 23.6 Å². The van der Waals surface area contributed by atoms with Gasteiger partial charge in [0.05, 0.1) is 0 Å². The van der Waals surface area contributed by atoms with Gasteiger partial charge in [0.1, 0.15) is 24.0 Å². The maximum Gasteiger partial charge on any atom is 0.266 e. The molecule has 0 saturated carbocycles. The van der Waals surface area contributed by atoms with Crippen molar-refractivity contribution < 1.29 is 9.53 Å². The lowest BCUT2D eigenvalue weighted by Gasteiger charge is -2.11. The largest absolute Gasteiger partial charge is 0.488 e. The van der Waals surface area contributed by atoms with Gasteiger partial charge in [-0.05, 0) is 60.9 Å². The molecule has 4 nitrogen and oxygen atoms in total. The average Bonchev–Trinajstić information content (AvgIpc) is 2.75. The molecule has 0 heterocycles. The van der Waals surface area contributed by atoms with Gasteiger partial charge in [-0.3, -0.25) is 4.79 Å². The van der Waals surface area contributed by atoms with E-state index in [-0.39, 0.29) is 5.57 Å². The predicted octanol–water partition coefficient (Wildman–Crippen LogP) is 6.19. The van der Waals surface area contributed by atoms with Crippen molar-refractivity contribution in [3.05, 3.63) is 99.0 Å². The standard InChI is InChI=1S/C25H21BrN2O2/c1-17-6-5-8-23(18(17)2)28-25(29)21(15-27)14-20-7-3-4-9-24(20)30-16-19-10-12-22(26)13-11-19/h3-14H,16H2,1-2H3,(H,28,29)/b21-14+. The Balaban J connectivity index is 1.80. The third-order valence-corrected chi connectivity index (χ3v) is 5.27. The van der Waals surface area contributed by atoms with Gasteiger partial charge >= 0.3 is 0 Å². The predicted molar refractivity (Wildman–Crippen MR) is 123 cm³/mol. The fourth-order valence-electron chi connectivity index (χ4n) is 2.85. The first-order valence-electron chi connectivity index (χ1n) is 9.43. The van der Waals surface area contributed by atoms with Crippen LogP contribution in [0.1, 0.15) is 22.3 Å². The Hall–Kier alpha value is -3.36. The number of halogens is 1. The number of amides is 1. The zero-order chi connectivity index (χ0) is 21.5. The topological polar surface area (TPSA) is 62.1 Å². The highest BCUT2D eigenvalue weighted by Gasteiger charge is 2.13. The van der Waals surface area contributed by atoms with E-state index in [2.05, 4.69) is 21.2 Å². The molecule has 150 valence electrons. The molecule has 3 rings (SSSR count). The van der Waals surface area contributed by atoms with E-state index in [9.17, 15) is 10.1 Å². The Kier molecular flexibility index (Phi) is 7.05. The first-order valence-corrected chi connectivity index (χ1v) is 10.2. The van der Waals surface area contributed by atoms with Crippen molar-refractivity contribution in [3.63, 3.8) is 0 Å². The Morgan fingerprint density at radius 3 is 2.53 bits per heavy atom. The van der Waals surface area contributed by atoms with Gasteiger partial charge < -0.3 is 10.1 Å². The van der Waals surface area contributed by atoms with Crippen molar-refractivity contribution in [1.82, 2.24) is 0 Å². The van der Waals surface area contributed by atoms with E-state index in [1.165, 1.54) is 0 Å². The van der Waals surface area contributed by atoms with E-state index < -0.39 is 5.91 Å². The number of anilines is 1. The second-order valence-corrected chi connectivity index (χ2v) is 7.74. The summed E-state index contributed by atoms with van der Waals surface area (Å²) in [7, 11) is 0. The van der Waals surface area contributed by atoms with E-state index in [0.717, 1.165) is 21.2 Å². The SMILES string of the molecule is Cc1cccc(NC(=O)/C(C#N)=C/c2ccccc2OCc2ccc(Br)cc2)c1C. The minimum absolute atomic E-state index is 0.00981. The van der Waals surface area contributed by atoms with Crippen LogP contribution < -0.4 is 10.1 Å². The highest BCUT2D eigenvalue weighted by molar-refractivity contribution is 9.10. The van der Waals surface area contributed by atoms with Gasteiger partial charge in [-0.15, -0.1) is 0 Å².